The Hall–Kier alpha value is -4.63. The number of piperazine rings is 1. The van der Waals surface area contributed by atoms with Crippen LogP contribution in [-0.4, -0.2) is 77.0 Å². The molecule has 0 bridgehead atoms. The highest BCUT2D eigenvalue weighted by molar-refractivity contribution is 6.00. The van der Waals surface area contributed by atoms with Crippen LogP contribution in [0.4, 0.5) is 4.79 Å². The van der Waals surface area contributed by atoms with Crippen molar-refractivity contribution in [2.75, 3.05) is 32.7 Å². The van der Waals surface area contributed by atoms with E-state index in [1.54, 1.807) is 0 Å². The van der Waals surface area contributed by atoms with Crippen LogP contribution in [-0.2, 0) is 33.8 Å². The molecule has 1 unspecified atom stereocenters. The second-order valence-corrected chi connectivity index (χ2v) is 13.1. The van der Waals surface area contributed by atoms with Crippen molar-refractivity contribution < 1.29 is 19.1 Å². The van der Waals surface area contributed by atoms with E-state index in [0.29, 0.717) is 51.6 Å². The number of likely N-dealkylation sites (tertiary alicyclic amines) is 1. The summed E-state index contributed by atoms with van der Waals surface area (Å²) in [6.07, 6.45) is 7.49. The maximum atomic E-state index is 14.2. The molecule has 4 aromatic rings. The van der Waals surface area contributed by atoms with Crippen LogP contribution >= 0.6 is 0 Å². The number of fused-ring (bicyclic) bond motifs is 1. The van der Waals surface area contributed by atoms with Gasteiger partial charge in [0.2, 0.25) is 11.8 Å². The lowest BCUT2D eigenvalue weighted by atomic mass is 9.81. The normalized spacial score (nSPS) is 17.8. The summed E-state index contributed by atoms with van der Waals surface area (Å²) in [6, 6.07) is 27.7. The van der Waals surface area contributed by atoms with Gasteiger partial charge in [0.05, 0.1) is 0 Å². The van der Waals surface area contributed by atoms with Gasteiger partial charge in [-0.25, -0.2) is 4.79 Å². The third-order valence-corrected chi connectivity index (χ3v) is 9.96. The molecule has 2 aliphatic rings. The second-order valence-electron chi connectivity index (χ2n) is 13.1. The molecule has 252 valence electrons. The number of ether oxygens (including phenoxy) is 1. The summed E-state index contributed by atoms with van der Waals surface area (Å²) in [5.41, 5.74) is 3.67. The number of hydrogen-bond donors (Lipinski definition) is 3. The average Bonchev–Trinajstić information content (AvgIpc) is 3.54. The second kappa shape index (κ2) is 16.0. The Kier molecular flexibility index (Phi) is 11.1. The van der Waals surface area contributed by atoms with Crippen LogP contribution in [0.15, 0.2) is 91.1 Å². The fourth-order valence-electron chi connectivity index (χ4n) is 7.20. The van der Waals surface area contributed by atoms with Gasteiger partial charge in [-0.3, -0.25) is 9.59 Å². The molecule has 9 nitrogen and oxygen atoms in total. The molecule has 2 saturated heterocycles. The number of para-hydroxylation sites is 1. The third-order valence-electron chi connectivity index (χ3n) is 9.96. The van der Waals surface area contributed by atoms with Crippen LogP contribution in [0.5, 0.6) is 0 Å². The number of aryl methyl sites for hydroxylation is 1. The summed E-state index contributed by atoms with van der Waals surface area (Å²) in [6.45, 7) is 3.71. The lowest BCUT2D eigenvalue weighted by Crippen LogP contribution is -2.73. The van der Waals surface area contributed by atoms with E-state index in [9.17, 15) is 14.4 Å². The van der Waals surface area contributed by atoms with E-state index >= 15 is 0 Å². The molecule has 2 fully saturated rings. The zero-order chi connectivity index (χ0) is 33.2. The topological polar surface area (TPSA) is 107 Å². The molecular weight excluding hydrogens is 602 g/mol. The SMILES string of the molecule is O=C(NCCCCC1NC(=O)C2(CCN(CCCc3ccccc3)CC2)N(CCc2c[nH]c3ccccc23)C1=O)OCc1ccccc1. The minimum Gasteiger partial charge on any atom is -0.445 e. The van der Waals surface area contributed by atoms with E-state index in [0.717, 1.165) is 54.5 Å². The number of H-pyrrole nitrogens is 1. The standard InChI is InChI=1S/C39H47N5O4/c45-36-35(19-9-10-23-40-38(47)48-29-31-14-5-2-6-15-31)42-37(46)39(44(36)25-20-32-28-41-34-18-8-7-17-33(32)34)21-26-43(27-22-39)24-11-16-30-12-3-1-4-13-30/h1-8,12-15,17-18,28,35,41H,9-11,16,19-27,29H2,(H,40,47)(H,42,46). The number of aromatic amines is 1. The van der Waals surface area contributed by atoms with Gasteiger partial charge < -0.3 is 30.2 Å². The first-order valence-electron chi connectivity index (χ1n) is 17.4. The predicted molar refractivity (Wildman–Crippen MR) is 187 cm³/mol. The fraction of sp³-hybridized carbons (Fsp3) is 0.410. The molecule has 0 aliphatic carbocycles. The Morgan fingerprint density at radius 1 is 0.833 bits per heavy atom. The van der Waals surface area contributed by atoms with Crippen LogP contribution in [0.1, 0.15) is 55.2 Å². The van der Waals surface area contributed by atoms with Crippen LogP contribution in [0.3, 0.4) is 0 Å². The van der Waals surface area contributed by atoms with Gasteiger partial charge in [-0.05, 0) is 80.7 Å². The Balaban J connectivity index is 1.04. The molecule has 3 N–H and O–H groups in total. The summed E-state index contributed by atoms with van der Waals surface area (Å²) in [5, 5.41) is 7.08. The number of nitrogens with one attached hydrogen (secondary N) is 3. The smallest absolute Gasteiger partial charge is 0.407 e. The van der Waals surface area contributed by atoms with Gasteiger partial charge in [0, 0.05) is 43.3 Å². The quantitative estimate of drug-likeness (QED) is 0.154. The largest absolute Gasteiger partial charge is 0.445 e. The molecule has 48 heavy (non-hydrogen) atoms. The molecule has 3 aromatic carbocycles. The number of piperidine rings is 1. The Morgan fingerprint density at radius 2 is 1.54 bits per heavy atom. The number of rotatable bonds is 14. The van der Waals surface area contributed by atoms with Crippen LogP contribution in [0, 0.1) is 0 Å². The van der Waals surface area contributed by atoms with Crippen molar-refractivity contribution in [1.29, 1.82) is 0 Å². The number of benzene rings is 3. The molecule has 3 amide bonds. The minimum absolute atomic E-state index is 0.00204. The van der Waals surface area contributed by atoms with Gasteiger partial charge in [-0.2, -0.15) is 0 Å². The summed E-state index contributed by atoms with van der Waals surface area (Å²) >= 11 is 0. The van der Waals surface area contributed by atoms with Crippen molar-refractivity contribution in [3.8, 4) is 0 Å². The highest BCUT2D eigenvalue weighted by Gasteiger charge is 2.53. The summed E-state index contributed by atoms with van der Waals surface area (Å²) in [4.78, 5) is 48.0. The molecular formula is C39H47N5O4. The molecule has 9 heteroatoms. The molecule has 0 saturated carbocycles. The lowest BCUT2D eigenvalue weighted by molar-refractivity contribution is -0.161. The predicted octanol–water partition coefficient (Wildman–Crippen LogP) is 5.60. The van der Waals surface area contributed by atoms with Crippen molar-refractivity contribution in [2.24, 2.45) is 0 Å². The minimum atomic E-state index is -0.834. The molecule has 6 rings (SSSR count). The maximum absolute atomic E-state index is 14.2. The first-order chi connectivity index (χ1) is 23.5. The van der Waals surface area contributed by atoms with E-state index in [4.69, 9.17) is 4.74 Å². The highest BCUT2D eigenvalue weighted by atomic mass is 16.5. The molecule has 3 heterocycles. The van der Waals surface area contributed by atoms with E-state index in [1.165, 1.54) is 5.56 Å². The lowest BCUT2D eigenvalue weighted by Gasteiger charge is -2.51. The van der Waals surface area contributed by atoms with Crippen molar-refractivity contribution in [3.63, 3.8) is 0 Å². The van der Waals surface area contributed by atoms with E-state index in [-0.39, 0.29) is 18.4 Å². The first-order valence-corrected chi connectivity index (χ1v) is 17.4. The van der Waals surface area contributed by atoms with Crippen molar-refractivity contribution in [3.05, 3.63) is 108 Å². The van der Waals surface area contributed by atoms with Gasteiger partial charge in [0.25, 0.3) is 0 Å². The van der Waals surface area contributed by atoms with Gasteiger partial charge in [-0.1, -0.05) is 78.9 Å². The van der Waals surface area contributed by atoms with Crippen LogP contribution in [0.25, 0.3) is 10.9 Å². The number of carbonyl (C=O) groups excluding carboxylic acids is 3. The van der Waals surface area contributed by atoms with Crippen molar-refractivity contribution in [1.82, 2.24) is 25.4 Å². The number of carbonyl (C=O) groups is 3. The monoisotopic (exact) mass is 649 g/mol. The third kappa shape index (κ3) is 8.08. The fourth-order valence-corrected chi connectivity index (χ4v) is 7.20. The summed E-state index contributed by atoms with van der Waals surface area (Å²) < 4.78 is 5.29. The number of hydrogen-bond acceptors (Lipinski definition) is 5. The number of aromatic nitrogens is 1. The van der Waals surface area contributed by atoms with Gasteiger partial charge in [0.1, 0.15) is 18.2 Å². The van der Waals surface area contributed by atoms with Crippen LogP contribution in [0.2, 0.25) is 0 Å². The van der Waals surface area contributed by atoms with Gasteiger partial charge in [-0.15, -0.1) is 0 Å². The molecule has 2 aliphatic heterocycles. The Bertz CT molecular complexity index is 1650. The van der Waals surface area contributed by atoms with E-state index in [2.05, 4.69) is 56.9 Å². The number of nitrogens with zero attached hydrogens (tertiary/aromatic N) is 2. The molecule has 1 aromatic heterocycles. The first kappa shape index (κ1) is 33.3. The Morgan fingerprint density at radius 3 is 2.31 bits per heavy atom. The molecule has 0 radical (unpaired) electrons. The van der Waals surface area contributed by atoms with E-state index in [1.807, 2.05) is 59.6 Å². The molecule has 1 spiro atoms. The van der Waals surface area contributed by atoms with Crippen molar-refractivity contribution in [2.45, 2.75) is 69.6 Å². The number of amides is 3. The van der Waals surface area contributed by atoms with Gasteiger partial charge in [0.15, 0.2) is 0 Å². The van der Waals surface area contributed by atoms with Crippen molar-refractivity contribution >= 4 is 28.8 Å². The van der Waals surface area contributed by atoms with Crippen LogP contribution < -0.4 is 10.6 Å². The average molecular weight is 650 g/mol. The maximum Gasteiger partial charge on any atom is 0.407 e. The summed E-state index contributed by atoms with van der Waals surface area (Å²) in [7, 11) is 0. The Labute approximate surface area is 283 Å². The number of alkyl carbamates (subject to hydrolysis) is 1. The van der Waals surface area contributed by atoms with Gasteiger partial charge >= 0.3 is 6.09 Å². The zero-order valence-electron chi connectivity index (χ0n) is 27.7. The van der Waals surface area contributed by atoms with E-state index < -0.39 is 17.7 Å². The zero-order valence-corrected chi connectivity index (χ0v) is 27.7. The molecule has 1 atom stereocenters. The summed E-state index contributed by atoms with van der Waals surface area (Å²) in [5.74, 6) is -0.0280. The number of unbranched alkanes of at least 4 members (excludes halogenated alkanes) is 1. The highest BCUT2D eigenvalue weighted by Crippen LogP contribution is 2.34.